The molecule has 0 amide bonds. The van der Waals surface area contributed by atoms with Crippen LogP contribution in [0.5, 0.6) is 17.2 Å². The summed E-state index contributed by atoms with van der Waals surface area (Å²) in [5, 5.41) is 18.9. The normalized spacial score (nSPS) is 10.4. The van der Waals surface area contributed by atoms with Crippen molar-refractivity contribution in [3.63, 3.8) is 0 Å². The number of hydrogen-bond acceptors (Lipinski definition) is 3. The van der Waals surface area contributed by atoms with Crippen LogP contribution in [0.1, 0.15) is 16.7 Å². The van der Waals surface area contributed by atoms with Crippen LogP contribution in [0.2, 0.25) is 0 Å². The highest BCUT2D eigenvalue weighted by Gasteiger charge is 2.01. The average molecular weight is 258 g/mol. The lowest BCUT2D eigenvalue weighted by atomic mass is 10.1. The molecule has 0 saturated carbocycles. The molecule has 2 N–H and O–H groups in total. The van der Waals surface area contributed by atoms with Gasteiger partial charge < -0.3 is 14.9 Å². The molecule has 19 heavy (non-hydrogen) atoms. The molecule has 0 saturated heterocycles. The van der Waals surface area contributed by atoms with Gasteiger partial charge in [0.15, 0.2) is 0 Å². The largest absolute Gasteiger partial charge is 0.508 e. The third-order valence-electron chi connectivity index (χ3n) is 3.09. The highest BCUT2D eigenvalue weighted by atomic mass is 16.5. The first-order chi connectivity index (χ1) is 9.06. The van der Waals surface area contributed by atoms with Gasteiger partial charge in [-0.2, -0.15) is 0 Å². The van der Waals surface area contributed by atoms with Crippen LogP contribution in [0.25, 0.3) is 0 Å². The zero-order chi connectivity index (χ0) is 13.8. The van der Waals surface area contributed by atoms with Crippen molar-refractivity contribution in [3.8, 4) is 17.2 Å². The van der Waals surface area contributed by atoms with E-state index in [9.17, 15) is 10.2 Å². The van der Waals surface area contributed by atoms with E-state index in [-0.39, 0.29) is 5.75 Å². The molecule has 100 valence electrons. The van der Waals surface area contributed by atoms with E-state index >= 15 is 0 Å². The van der Waals surface area contributed by atoms with Gasteiger partial charge in [0.2, 0.25) is 0 Å². The second kappa shape index (κ2) is 5.65. The SMILES string of the molecule is Cc1cc(CCOc2ccc(O)c(C)c2)ccc1O. The van der Waals surface area contributed by atoms with Crippen LogP contribution in [0.3, 0.4) is 0 Å². The number of phenolic OH excluding ortho intramolecular Hbond substituents is 2. The zero-order valence-electron chi connectivity index (χ0n) is 11.2. The number of hydrogen-bond donors (Lipinski definition) is 2. The van der Waals surface area contributed by atoms with Crippen LogP contribution >= 0.6 is 0 Å². The van der Waals surface area contributed by atoms with E-state index in [0.29, 0.717) is 12.4 Å². The van der Waals surface area contributed by atoms with Crippen molar-refractivity contribution in [1.29, 1.82) is 0 Å². The maximum Gasteiger partial charge on any atom is 0.119 e. The predicted molar refractivity (Wildman–Crippen MR) is 74.9 cm³/mol. The average Bonchev–Trinajstić information content (AvgIpc) is 2.38. The topological polar surface area (TPSA) is 49.7 Å². The van der Waals surface area contributed by atoms with Gasteiger partial charge in [-0.1, -0.05) is 12.1 Å². The van der Waals surface area contributed by atoms with E-state index in [4.69, 9.17) is 4.74 Å². The minimum absolute atomic E-state index is 0.279. The Morgan fingerprint density at radius 2 is 1.53 bits per heavy atom. The monoisotopic (exact) mass is 258 g/mol. The molecule has 0 spiro atoms. The molecule has 2 aromatic rings. The third kappa shape index (κ3) is 3.41. The molecule has 0 aliphatic rings. The van der Waals surface area contributed by atoms with E-state index in [0.717, 1.165) is 28.9 Å². The molecule has 3 nitrogen and oxygen atoms in total. The van der Waals surface area contributed by atoms with Crippen molar-refractivity contribution in [2.24, 2.45) is 0 Å². The summed E-state index contributed by atoms with van der Waals surface area (Å²) < 4.78 is 5.64. The van der Waals surface area contributed by atoms with Crippen LogP contribution in [0.15, 0.2) is 36.4 Å². The van der Waals surface area contributed by atoms with Crippen LogP contribution in [0.4, 0.5) is 0 Å². The minimum Gasteiger partial charge on any atom is -0.508 e. The van der Waals surface area contributed by atoms with Crippen LogP contribution < -0.4 is 4.74 Å². The van der Waals surface area contributed by atoms with Gasteiger partial charge in [0.25, 0.3) is 0 Å². The molecule has 0 aliphatic heterocycles. The van der Waals surface area contributed by atoms with Crippen LogP contribution in [-0.4, -0.2) is 16.8 Å². The van der Waals surface area contributed by atoms with Gasteiger partial charge in [-0.3, -0.25) is 0 Å². The van der Waals surface area contributed by atoms with Crippen LogP contribution in [-0.2, 0) is 6.42 Å². The van der Waals surface area contributed by atoms with E-state index < -0.39 is 0 Å². The number of aryl methyl sites for hydroxylation is 2. The molecule has 0 fully saturated rings. The van der Waals surface area contributed by atoms with Crippen molar-refractivity contribution in [3.05, 3.63) is 53.1 Å². The van der Waals surface area contributed by atoms with Gasteiger partial charge in [0.05, 0.1) is 6.61 Å². The Bertz CT molecular complexity index is 525. The summed E-state index contributed by atoms with van der Waals surface area (Å²) in [7, 11) is 0. The summed E-state index contributed by atoms with van der Waals surface area (Å²) in [6.07, 6.45) is 0.779. The van der Waals surface area contributed by atoms with Gasteiger partial charge in [0, 0.05) is 6.42 Å². The summed E-state index contributed by atoms with van der Waals surface area (Å²) >= 11 is 0. The Morgan fingerprint density at radius 1 is 0.895 bits per heavy atom. The molecule has 0 aromatic heterocycles. The highest BCUT2D eigenvalue weighted by Crippen LogP contribution is 2.22. The minimum atomic E-state index is 0.279. The van der Waals surface area contributed by atoms with Crippen molar-refractivity contribution in [2.45, 2.75) is 20.3 Å². The standard InChI is InChI=1S/C16H18O3/c1-11-9-13(3-5-15(11)17)7-8-19-14-4-6-16(18)12(2)10-14/h3-6,9-10,17-18H,7-8H2,1-2H3. The first-order valence-corrected chi connectivity index (χ1v) is 6.27. The fraction of sp³-hybridized carbons (Fsp3) is 0.250. The van der Waals surface area contributed by atoms with Crippen LogP contribution in [0, 0.1) is 13.8 Å². The van der Waals surface area contributed by atoms with Gasteiger partial charge in [-0.05, 0) is 54.8 Å². The van der Waals surface area contributed by atoms with E-state index in [1.165, 1.54) is 0 Å². The highest BCUT2D eigenvalue weighted by molar-refractivity contribution is 5.38. The zero-order valence-corrected chi connectivity index (χ0v) is 11.2. The molecule has 0 atom stereocenters. The maximum atomic E-state index is 9.45. The fourth-order valence-corrected chi connectivity index (χ4v) is 1.88. The Labute approximate surface area is 113 Å². The van der Waals surface area contributed by atoms with Crippen molar-refractivity contribution in [2.75, 3.05) is 6.61 Å². The van der Waals surface area contributed by atoms with E-state index in [1.54, 1.807) is 18.2 Å². The second-order valence-corrected chi connectivity index (χ2v) is 4.67. The molecule has 0 radical (unpaired) electrons. The molecule has 0 bridgehead atoms. The lowest BCUT2D eigenvalue weighted by molar-refractivity contribution is 0.321. The van der Waals surface area contributed by atoms with Crippen molar-refractivity contribution >= 4 is 0 Å². The molecule has 3 heteroatoms. The van der Waals surface area contributed by atoms with Gasteiger partial charge in [-0.15, -0.1) is 0 Å². The summed E-state index contributed by atoms with van der Waals surface area (Å²) in [6, 6.07) is 10.8. The number of rotatable bonds is 4. The molecule has 0 unspecified atom stereocenters. The molecule has 0 heterocycles. The number of aromatic hydroxyl groups is 2. The smallest absolute Gasteiger partial charge is 0.119 e. The Hall–Kier alpha value is -2.16. The third-order valence-corrected chi connectivity index (χ3v) is 3.09. The molecule has 0 aliphatic carbocycles. The number of benzene rings is 2. The number of phenols is 2. The summed E-state index contributed by atoms with van der Waals surface area (Å²) in [6.45, 7) is 4.28. The predicted octanol–water partition coefficient (Wildman–Crippen LogP) is 3.34. The van der Waals surface area contributed by atoms with Crippen molar-refractivity contribution < 1.29 is 14.9 Å². The summed E-state index contributed by atoms with van der Waals surface area (Å²) in [5.74, 6) is 1.35. The van der Waals surface area contributed by atoms with Crippen molar-refractivity contribution in [1.82, 2.24) is 0 Å². The Balaban J connectivity index is 1.92. The van der Waals surface area contributed by atoms with E-state index in [1.807, 2.05) is 32.0 Å². The lowest BCUT2D eigenvalue weighted by Crippen LogP contribution is -2.01. The first-order valence-electron chi connectivity index (χ1n) is 6.27. The quantitative estimate of drug-likeness (QED) is 0.884. The summed E-state index contributed by atoms with van der Waals surface area (Å²) in [5.41, 5.74) is 2.81. The molecule has 2 aromatic carbocycles. The van der Waals surface area contributed by atoms with Gasteiger partial charge in [0.1, 0.15) is 17.2 Å². The second-order valence-electron chi connectivity index (χ2n) is 4.67. The maximum absolute atomic E-state index is 9.45. The van der Waals surface area contributed by atoms with Gasteiger partial charge >= 0.3 is 0 Å². The lowest BCUT2D eigenvalue weighted by Gasteiger charge is -2.08. The summed E-state index contributed by atoms with van der Waals surface area (Å²) in [4.78, 5) is 0. The Kier molecular flexibility index (Phi) is 3.95. The molecular formula is C16H18O3. The molecular weight excluding hydrogens is 240 g/mol. The Morgan fingerprint density at radius 3 is 2.16 bits per heavy atom. The molecule has 2 rings (SSSR count). The first kappa shape index (κ1) is 13.3. The fourth-order valence-electron chi connectivity index (χ4n) is 1.88. The number of ether oxygens (including phenoxy) is 1. The van der Waals surface area contributed by atoms with E-state index in [2.05, 4.69) is 0 Å². The van der Waals surface area contributed by atoms with Gasteiger partial charge in [-0.25, -0.2) is 0 Å².